The number of thiazole rings is 1. The largest absolute Gasteiger partial charge is 0.493 e. The molecule has 0 N–H and O–H groups in total. The van der Waals surface area contributed by atoms with Crippen molar-refractivity contribution in [2.45, 2.75) is 25.7 Å². The molecule has 1 aliphatic rings. The van der Waals surface area contributed by atoms with E-state index in [9.17, 15) is 4.79 Å². The van der Waals surface area contributed by atoms with Crippen molar-refractivity contribution in [2.24, 2.45) is 0 Å². The smallest absolute Gasteiger partial charge is 0.257 e. The van der Waals surface area contributed by atoms with Gasteiger partial charge in [0.2, 0.25) is 0 Å². The fraction of sp³-hybridized carbons (Fsp3) is 0.444. The number of ether oxygens (including phenoxy) is 2. The Labute approximate surface area is 146 Å². The molecule has 5 nitrogen and oxygen atoms in total. The number of hydrogen-bond donors (Lipinski definition) is 0. The molecular formula is C18H22N2O3S. The van der Waals surface area contributed by atoms with E-state index in [1.165, 1.54) is 5.01 Å². The zero-order valence-electron chi connectivity index (χ0n) is 14.2. The Kier molecular flexibility index (Phi) is 5.04. The second-order valence-electron chi connectivity index (χ2n) is 5.93. The highest BCUT2D eigenvalue weighted by molar-refractivity contribution is 7.09. The summed E-state index contributed by atoms with van der Waals surface area (Å²) in [6, 6.07) is 5.41. The Morgan fingerprint density at radius 2 is 2.00 bits per heavy atom. The van der Waals surface area contributed by atoms with Crippen molar-refractivity contribution in [1.82, 2.24) is 9.88 Å². The molecule has 1 aromatic heterocycles. The first-order chi connectivity index (χ1) is 11.6. The zero-order chi connectivity index (χ0) is 17.1. The number of amides is 1. The van der Waals surface area contributed by atoms with Crippen LogP contribution in [0.3, 0.4) is 0 Å². The maximum absolute atomic E-state index is 12.9. The molecule has 0 aliphatic carbocycles. The first-order valence-corrected chi connectivity index (χ1v) is 8.94. The van der Waals surface area contributed by atoms with Gasteiger partial charge in [-0.15, -0.1) is 11.3 Å². The average molecular weight is 346 g/mol. The Bertz CT molecular complexity index is 721. The molecule has 6 heteroatoms. The van der Waals surface area contributed by atoms with E-state index in [1.54, 1.807) is 37.7 Å². The van der Waals surface area contributed by atoms with Crippen molar-refractivity contribution in [3.8, 4) is 11.5 Å². The van der Waals surface area contributed by atoms with Gasteiger partial charge in [-0.1, -0.05) is 6.07 Å². The molecule has 128 valence electrons. The first kappa shape index (κ1) is 16.8. The van der Waals surface area contributed by atoms with Crippen molar-refractivity contribution in [1.29, 1.82) is 0 Å². The lowest BCUT2D eigenvalue weighted by molar-refractivity contribution is 0.0709. The predicted molar refractivity (Wildman–Crippen MR) is 94.3 cm³/mol. The van der Waals surface area contributed by atoms with Gasteiger partial charge < -0.3 is 14.4 Å². The van der Waals surface area contributed by atoms with Crippen LogP contribution < -0.4 is 9.47 Å². The second-order valence-corrected chi connectivity index (χ2v) is 6.82. The number of para-hydroxylation sites is 1. The minimum atomic E-state index is -0.000445. The van der Waals surface area contributed by atoms with Crippen LogP contribution in [0.5, 0.6) is 11.5 Å². The molecule has 1 aliphatic heterocycles. The van der Waals surface area contributed by atoms with Crippen LogP contribution in [0.2, 0.25) is 0 Å². The maximum Gasteiger partial charge on any atom is 0.257 e. The number of nitrogens with zero attached hydrogens (tertiary/aromatic N) is 2. The molecule has 2 aromatic rings. The Balaban J connectivity index is 1.71. The Hall–Kier alpha value is -2.08. The van der Waals surface area contributed by atoms with E-state index >= 15 is 0 Å². The monoisotopic (exact) mass is 346 g/mol. The quantitative estimate of drug-likeness (QED) is 0.850. The van der Waals surface area contributed by atoms with Gasteiger partial charge in [-0.05, 0) is 31.9 Å². The summed E-state index contributed by atoms with van der Waals surface area (Å²) in [5, 5.41) is 3.28. The molecule has 1 amide bonds. The number of carbonyl (C=O) groups is 1. The van der Waals surface area contributed by atoms with E-state index in [2.05, 4.69) is 10.4 Å². The summed E-state index contributed by atoms with van der Waals surface area (Å²) in [6.45, 7) is 3.50. The number of aryl methyl sites for hydroxylation is 1. The standard InChI is InChI=1S/C18H22N2O3S/c1-12-11-24-17(19-12)13-7-9-20(10-8-13)18(21)14-5-4-6-15(22-2)16(14)23-3/h4-6,11,13H,7-10H2,1-3H3. The van der Waals surface area contributed by atoms with Gasteiger partial charge in [0, 0.05) is 30.1 Å². The van der Waals surface area contributed by atoms with Crippen LogP contribution in [0.25, 0.3) is 0 Å². The molecule has 0 spiro atoms. The average Bonchev–Trinajstić information content (AvgIpc) is 3.06. The van der Waals surface area contributed by atoms with E-state index in [-0.39, 0.29) is 5.91 Å². The van der Waals surface area contributed by atoms with E-state index in [0.717, 1.165) is 31.6 Å². The molecule has 1 aromatic carbocycles. The van der Waals surface area contributed by atoms with E-state index in [0.29, 0.717) is 23.0 Å². The summed E-state index contributed by atoms with van der Waals surface area (Å²) in [5.41, 5.74) is 1.63. The van der Waals surface area contributed by atoms with Crippen molar-refractivity contribution in [3.05, 3.63) is 39.8 Å². The van der Waals surface area contributed by atoms with Gasteiger partial charge in [-0.3, -0.25) is 4.79 Å². The zero-order valence-corrected chi connectivity index (χ0v) is 15.1. The van der Waals surface area contributed by atoms with Gasteiger partial charge in [0.1, 0.15) is 0 Å². The van der Waals surface area contributed by atoms with Crippen LogP contribution in [-0.2, 0) is 0 Å². The second kappa shape index (κ2) is 7.21. The fourth-order valence-electron chi connectivity index (χ4n) is 3.12. The lowest BCUT2D eigenvalue weighted by Crippen LogP contribution is -2.38. The Morgan fingerprint density at radius 1 is 1.25 bits per heavy atom. The molecular weight excluding hydrogens is 324 g/mol. The van der Waals surface area contributed by atoms with E-state index in [4.69, 9.17) is 9.47 Å². The molecule has 1 saturated heterocycles. The van der Waals surface area contributed by atoms with Crippen molar-refractivity contribution in [3.63, 3.8) is 0 Å². The van der Waals surface area contributed by atoms with Crippen LogP contribution in [0, 0.1) is 6.92 Å². The van der Waals surface area contributed by atoms with Gasteiger partial charge in [0.15, 0.2) is 11.5 Å². The number of rotatable bonds is 4. The first-order valence-electron chi connectivity index (χ1n) is 8.06. The molecule has 0 atom stereocenters. The van der Waals surface area contributed by atoms with Crippen LogP contribution in [-0.4, -0.2) is 43.1 Å². The maximum atomic E-state index is 12.9. The number of piperidine rings is 1. The molecule has 0 unspecified atom stereocenters. The van der Waals surface area contributed by atoms with Gasteiger partial charge in [-0.2, -0.15) is 0 Å². The van der Waals surface area contributed by atoms with Gasteiger partial charge >= 0.3 is 0 Å². The molecule has 3 rings (SSSR count). The molecule has 0 bridgehead atoms. The highest BCUT2D eigenvalue weighted by atomic mass is 32.1. The summed E-state index contributed by atoms with van der Waals surface area (Å²) in [5.74, 6) is 1.54. The summed E-state index contributed by atoms with van der Waals surface area (Å²) >= 11 is 1.72. The third-order valence-corrected chi connectivity index (χ3v) is 5.53. The molecule has 24 heavy (non-hydrogen) atoms. The summed E-state index contributed by atoms with van der Waals surface area (Å²) < 4.78 is 10.7. The van der Waals surface area contributed by atoms with Gasteiger partial charge in [0.25, 0.3) is 5.91 Å². The van der Waals surface area contributed by atoms with Crippen molar-refractivity contribution >= 4 is 17.2 Å². The number of benzene rings is 1. The van der Waals surface area contributed by atoms with Crippen LogP contribution >= 0.6 is 11.3 Å². The lowest BCUT2D eigenvalue weighted by atomic mass is 9.97. The normalized spacial score (nSPS) is 15.4. The number of aromatic nitrogens is 1. The van der Waals surface area contributed by atoms with Crippen LogP contribution in [0.4, 0.5) is 0 Å². The number of likely N-dealkylation sites (tertiary alicyclic amines) is 1. The topological polar surface area (TPSA) is 51.7 Å². The Morgan fingerprint density at radius 3 is 2.58 bits per heavy atom. The number of carbonyl (C=O) groups excluding carboxylic acids is 1. The summed E-state index contributed by atoms with van der Waals surface area (Å²) in [4.78, 5) is 19.4. The third-order valence-electron chi connectivity index (χ3n) is 4.40. The molecule has 0 radical (unpaired) electrons. The van der Waals surface area contributed by atoms with E-state index < -0.39 is 0 Å². The van der Waals surface area contributed by atoms with Crippen molar-refractivity contribution < 1.29 is 14.3 Å². The highest BCUT2D eigenvalue weighted by Crippen LogP contribution is 2.34. The van der Waals surface area contributed by atoms with Gasteiger partial charge in [0.05, 0.1) is 24.8 Å². The number of methoxy groups -OCH3 is 2. The predicted octanol–water partition coefficient (Wildman–Crippen LogP) is 3.49. The van der Waals surface area contributed by atoms with Crippen LogP contribution in [0.1, 0.15) is 39.8 Å². The third kappa shape index (κ3) is 3.24. The van der Waals surface area contributed by atoms with Crippen molar-refractivity contribution in [2.75, 3.05) is 27.3 Å². The minimum absolute atomic E-state index is 0.000445. The highest BCUT2D eigenvalue weighted by Gasteiger charge is 2.28. The van der Waals surface area contributed by atoms with Gasteiger partial charge in [-0.25, -0.2) is 4.98 Å². The fourth-order valence-corrected chi connectivity index (χ4v) is 4.08. The number of hydrogen-bond acceptors (Lipinski definition) is 5. The molecule has 1 fully saturated rings. The van der Waals surface area contributed by atoms with E-state index in [1.807, 2.05) is 17.9 Å². The summed E-state index contributed by atoms with van der Waals surface area (Å²) in [6.07, 6.45) is 1.90. The SMILES string of the molecule is COc1cccc(C(=O)N2CCC(c3nc(C)cs3)CC2)c1OC. The summed E-state index contributed by atoms with van der Waals surface area (Å²) in [7, 11) is 3.14. The molecule has 0 saturated carbocycles. The lowest BCUT2D eigenvalue weighted by Gasteiger charge is -2.31. The minimum Gasteiger partial charge on any atom is -0.493 e. The molecule has 2 heterocycles. The van der Waals surface area contributed by atoms with Crippen LogP contribution in [0.15, 0.2) is 23.6 Å².